The number of esters is 1. The number of rotatable bonds is 13. The monoisotopic (exact) mass is 640 g/mol. The van der Waals surface area contributed by atoms with Crippen molar-refractivity contribution in [2.24, 2.45) is 5.92 Å². The van der Waals surface area contributed by atoms with Crippen LogP contribution in [0.4, 0.5) is 13.2 Å². The molecule has 0 aliphatic carbocycles. The van der Waals surface area contributed by atoms with Crippen LogP contribution in [0, 0.1) is 38.3 Å². The van der Waals surface area contributed by atoms with E-state index in [2.05, 4.69) is 10.3 Å². The Morgan fingerprint density at radius 3 is 2.46 bits per heavy atom. The molecular formula is C35H43F3N4O4. The standard InChI is InChI=1S/C35H43F3N4O4/c1-7-46-31(43)16-29(27-15-24(14-22(5)33(27)38)32-21(4)9-8-10-28(32)37)40-34(44)30(13-20(2)3)42-19-26(39-23(6)35(42)45)11-12-41-17-25(36)18-41/h8-10,14-15,19-20,25,29-30H,7,11-13,16-18H2,1-6H3,(H,40,44)/t29-,30-/m0/s1. The number of alkyl halides is 1. The Labute approximate surface area is 268 Å². The second-order valence-electron chi connectivity index (χ2n) is 12.5. The zero-order chi connectivity index (χ0) is 33.7. The highest BCUT2D eigenvalue weighted by Crippen LogP contribution is 2.33. The van der Waals surface area contributed by atoms with Crippen LogP contribution in [-0.2, 0) is 20.7 Å². The second-order valence-corrected chi connectivity index (χ2v) is 12.5. The van der Waals surface area contributed by atoms with Gasteiger partial charge in [-0.05, 0) is 74.9 Å². The van der Waals surface area contributed by atoms with Gasteiger partial charge in [0.2, 0.25) is 5.91 Å². The molecule has 1 aliphatic heterocycles. The van der Waals surface area contributed by atoms with Crippen LogP contribution in [0.1, 0.15) is 73.8 Å². The van der Waals surface area contributed by atoms with Crippen molar-refractivity contribution in [1.82, 2.24) is 19.8 Å². The van der Waals surface area contributed by atoms with Crippen LogP contribution in [0.3, 0.4) is 0 Å². The summed E-state index contributed by atoms with van der Waals surface area (Å²) in [7, 11) is 0. The lowest BCUT2D eigenvalue weighted by Crippen LogP contribution is -2.49. The van der Waals surface area contributed by atoms with Crippen LogP contribution < -0.4 is 10.9 Å². The molecule has 11 heteroatoms. The molecule has 1 fully saturated rings. The van der Waals surface area contributed by atoms with Gasteiger partial charge in [0.15, 0.2) is 0 Å². The van der Waals surface area contributed by atoms with E-state index in [0.29, 0.717) is 42.9 Å². The first-order valence-electron chi connectivity index (χ1n) is 15.8. The topological polar surface area (TPSA) is 93.5 Å². The Hall–Kier alpha value is -3.99. The Morgan fingerprint density at radius 2 is 1.83 bits per heavy atom. The van der Waals surface area contributed by atoms with Crippen LogP contribution >= 0.6 is 0 Å². The van der Waals surface area contributed by atoms with Crippen molar-refractivity contribution in [3.63, 3.8) is 0 Å². The maximum Gasteiger partial charge on any atom is 0.308 e. The molecule has 1 amide bonds. The molecule has 1 aliphatic rings. The third-order valence-electron chi connectivity index (χ3n) is 8.23. The summed E-state index contributed by atoms with van der Waals surface area (Å²) in [5.74, 6) is -2.39. The van der Waals surface area contributed by atoms with Crippen molar-refractivity contribution in [2.45, 2.75) is 79.1 Å². The summed E-state index contributed by atoms with van der Waals surface area (Å²) in [6.07, 6.45) is 1.07. The van der Waals surface area contributed by atoms with Gasteiger partial charge in [0.1, 0.15) is 29.5 Å². The van der Waals surface area contributed by atoms with Crippen LogP contribution in [0.2, 0.25) is 0 Å². The smallest absolute Gasteiger partial charge is 0.308 e. The molecule has 1 N–H and O–H groups in total. The minimum absolute atomic E-state index is 0.00186. The number of amides is 1. The third-order valence-corrected chi connectivity index (χ3v) is 8.23. The van der Waals surface area contributed by atoms with Crippen molar-refractivity contribution in [1.29, 1.82) is 0 Å². The summed E-state index contributed by atoms with van der Waals surface area (Å²) in [5, 5.41) is 2.84. The van der Waals surface area contributed by atoms with E-state index in [1.54, 1.807) is 39.1 Å². The van der Waals surface area contributed by atoms with Gasteiger partial charge < -0.3 is 10.1 Å². The van der Waals surface area contributed by atoms with E-state index in [0.717, 1.165) is 0 Å². The lowest BCUT2D eigenvalue weighted by atomic mass is 9.92. The van der Waals surface area contributed by atoms with E-state index in [1.807, 2.05) is 18.7 Å². The molecule has 3 aromatic rings. The maximum atomic E-state index is 15.9. The lowest BCUT2D eigenvalue weighted by molar-refractivity contribution is -0.144. The molecule has 1 aromatic heterocycles. The fourth-order valence-corrected chi connectivity index (χ4v) is 5.89. The van der Waals surface area contributed by atoms with E-state index >= 15 is 4.39 Å². The highest BCUT2D eigenvalue weighted by Gasteiger charge is 2.31. The zero-order valence-corrected chi connectivity index (χ0v) is 27.3. The van der Waals surface area contributed by atoms with E-state index in [-0.39, 0.29) is 47.8 Å². The molecule has 0 bridgehead atoms. The van der Waals surface area contributed by atoms with Crippen molar-refractivity contribution in [2.75, 3.05) is 26.2 Å². The molecule has 1 saturated heterocycles. The number of benzene rings is 2. The van der Waals surface area contributed by atoms with E-state index in [4.69, 9.17) is 4.74 Å². The highest BCUT2D eigenvalue weighted by molar-refractivity contribution is 5.82. The van der Waals surface area contributed by atoms with Gasteiger partial charge in [-0.25, -0.2) is 13.2 Å². The van der Waals surface area contributed by atoms with Gasteiger partial charge in [0.05, 0.1) is 24.8 Å². The Kier molecular flexibility index (Phi) is 11.4. The lowest BCUT2D eigenvalue weighted by Gasteiger charge is -2.34. The van der Waals surface area contributed by atoms with Gasteiger partial charge in [-0.3, -0.25) is 28.8 Å². The van der Waals surface area contributed by atoms with Crippen molar-refractivity contribution < 1.29 is 27.5 Å². The predicted molar refractivity (Wildman–Crippen MR) is 170 cm³/mol. The molecular weight excluding hydrogens is 597 g/mol. The number of aromatic nitrogens is 2. The first-order chi connectivity index (χ1) is 21.8. The fraction of sp³-hybridized carbons (Fsp3) is 0.486. The largest absolute Gasteiger partial charge is 0.466 e. The number of nitrogens with zero attached hydrogens (tertiary/aromatic N) is 3. The molecule has 0 saturated carbocycles. The average Bonchev–Trinajstić information content (AvgIpc) is 2.96. The molecule has 8 nitrogen and oxygen atoms in total. The summed E-state index contributed by atoms with van der Waals surface area (Å²) < 4.78 is 50.7. The van der Waals surface area contributed by atoms with Gasteiger partial charge in [-0.15, -0.1) is 0 Å². The number of hydrogen-bond donors (Lipinski definition) is 1. The summed E-state index contributed by atoms with van der Waals surface area (Å²) in [4.78, 5) is 46.6. The molecule has 4 rings (SSSR count). The first kappa shape index (κ1) is 34.9. The number of halogens is 3. The number of likely N-dealkylation sites (tertiary alicyclic amines) is 1. The molecule has 0 spiro atoms. The third kappa shape index (κ3) is 8.23. The molecule has 0 radical (unpaired) electrons. The summed E-state index contributed by atoms with van der Waals surface area (Å²) in [6, 6.07) is 5.46. The number of carbonyl (C=O) groups is 2. The molecule has 2 heterocycles. The Bertz CT molecular complexity index is 1610. The van der Waals surface area contributed by atoms with Crippen molar-refractivity contribution in [3.05, 3.63) is 86.6 Å². The first-order valence-corrected chi connectivity index (χ1v) is 15.8. The van der Waals surface area contributed by atoms with Gasteiger partial charge in [0.25, 0.3) is 5.56 Å². The minimum atomic E-state index is -1.18. The quantitative estimate of drug-likeness (QED) is 0.241. The molecule has 0 unspecified atom stereocenters. The number of hydrogen-bond acceptors (Lipinski definition) is 6. The number of ether oxygens (including phenoxy) is 1. The van der Waals surface area contributed by atoms with Gasteiger partial charge >= 0.3 is 5.97 Å². The predicted octanol–water partition coefficient (Wildman–Crippen LogP) is 5.71. The van der Waals surface area contributed by atoms with Crippen LogP contribution in [0.5, 0.6) is 0 Å². The fourth-order valence-electron chi connectivity index (χ4n) is 5.89. The van der Waals surface area contributed by atoms with Crippen molar-refractivity contribution in [3.8, 4) is 11.1 Å². The molecule has 46 heavy (non-hydrogen) atoms. The van der Waals surface area contributed by atoms with E-state index < -0.39 is 47.3 Å². The second kappa shape index (κ2) is 15.1. The number of nitrogens with one attached hydrogen (secondary N) is 1. The summed E-state index contributed by atoms with van der Waals surface area (Å²) in [6.45, 7) is 11.7. The minimum Gasteiger partial charge on any atom is -0.466 e. The normalized spacial score (nSPS) is 15.0. The van der Waals surface area contributed by atoms with Gasteiger partial charge in [-0.1, -0.05) is 26.0 Å². The highest BCUT2D eigenvalue weighted by atomic mass is 19.1. The van der Waals surface area contributed by atoms with Gasteiger partial charge in [-0.2, -0.15) is 0 Å². The van der Waals surface area contributed by atoms with Crippen molar-refractivity contribution >= 4 is 11.9 Å². The Balaban J connectivity index is 1.73. The molecule has 248 valence electrons. The zero-order valence-electron chi connectivity index (χ0n) is 27.3. The van der Waals surface area contributed by atoms with Crippen LogP contribution in [0.25, 0.3) is 11.1 Å². The van der Waals surface area contributed by atoms with Crippen LogP contribution in [-0.4, -0.2) is 58.7 Å². The molecule has 2 atom stereocenters. The number of carbonyl (C=O) groups excluding carboxylic acids is 2. The number of aryl methyl sites for hydroxylation is 3. The molecule has 2 aromatic carbocycles. The maximum absolute atomic E-state index is 15.9. The van der Waals surface area contributed by atoms with Crippen LogP contribution in [0.15, 0.2) is 41.3 Å². The van der Waals surface area contributed by atoms with E-state index in [9.17, 15) is 23.2 Å². The van der Waals surface area contributed by atoms with Gasteiger partial charge in [0, 0.05) is 43.4 Å². The summed E-state index contributed by atoms with van der Waals surface area (Å²) in [5.41, 5.74) is 1.89. The average molecular weight is 641 g/mol. The Morgan fingerprint density at radius 1 is 1.11 bits per heavy atom. The summed E-state index contributed by atoms with van der Waals surface area (Å²) >= 11 is 0. The van der Waals surface area contributed by atoms with E-state index in [1.165, 1.54) is 29.7 Å². The SMILES string of the molecule is CCOC(=O)C[C@H](NC(=O)[C@H](CC(C)C)n1cc(CCN2CC(F)C2)nc(C)c1=O)c1cc(-c2c(C)cccc2F)cc(C)c1F.